The number of hydrogen-bond donors (Lipinski definition) is 0. The molecule has 2 saturated carbocycles. The molecule has 0 amide bonds. The number of hydrogen-bond acceptors (Lipinski definition) is 4. The number of ether oxygens (including phenoxy) is 2. The van der Waals surface area contributed by atoms with Gasteiger partial charge in [0, 0.05) is 12.3 Å². The summed E-state index contributed by atoms with van der Waals surface area (Å²) in [6, 6.07) is 0. The average molecular weight is 294 g/mol. The molecular weight excluding hydrogens is 268 g/mol. The molecule has 2 aliphatic carbocycles. The Kier molecular flexibility index (Phi) is 5.07. The minimum absolute atomic E-state index is 0.0875. The second-order valence-electron chi connectivity index (χ2n) is 6.63. The molecule has 0 radical (unpaired) electrons. The fourth-order valence-corrected chi connectivity index (χ4v) is 3.41. The third-order valence-corrected chi connectivity index (χ3v) is 4.65. The van der Waals surface area contributed by atoms with E-state index >= 15 is 0 Å². The van der Waals surface area contributed by atoms with Crippen LogP contribution in [0.5, 0.6) is 0 Å². The fourth-order valence-electron chi connectivity index (χ4n) is 3.41. The van der Waals surface area contributed by atoms with Crippen LogP contribution in [0, 0.1) is 17.8 Å². The molecule has 4 atom stereocenters. The van der Waals surface area contributed by atoms with Crippen LogP contribution in [-0.2, 0) is 19.1 Å². The Morgan fingerprint density at radius 1 is 1.14 bits per heavy atom. The van der Waals surface area contributed by atoms with Crippen molar-refractivity contribution in [3.63, 3.8) is 0 Å². The summed E-state index contributed by atoms with van der Waals surface area (Å²) in [7, 11) is 0. The largest absolute Gasteiger partial charge is 0.459 e. The average Bonchev–Trinajstić information content (AvgIpc) is 2.75. The van der Waals surface area contributed by atoms with Gasteiger partial charge >= 0.3 is 11.9 Å². The van der Waals surface area contributed by atoms with Crippen LogP contribution in [0.4, 0.5) is 0 Å². The summed E-state index contributed by atoms with van der Waals surface area (Å²) in [5.41, 5.74) is 1.21. The van der Waals surface area contributed by atoms with E-state index < -0.39 is 12.1 Å². The second-order valence-corrected chi connectivity index (χ2v) is 6.63. The van der Waals surface area contributed by atoms with Crippen molar-refractivity contribution in [2.24, 2.45) is 17.8 Å². The van der Waals surface area contributed by atoms with Crippen LogP contribution in [0.2, 0.25) is 0 Å². The lowest BCUT2D eigenvalue weighted by Gasteiger charge is -2.29. The molecule has 118 valence electrons. The van der Waals surface area contributed by atoms with Crippen molar-refractivity contribution in [1.29, 1.82) is 0 Å². The first-order valence-electron chi connectivity index (χ1n) is 7.98. The molecule has 0 spiro atoms. The lowest BCUT2D eigenvalue weighted by molar-refractivity contribution is -0.173. The number of fused-ring (bicyclic) bond motifs is 1. The maximum Gasteiger partial charge on any atom is 0.347 e. The predicted octanol–water partition coefficient (Wildman–Crippen LogP) is 3.25. The molecule has 0 aromatic rings. The van der Waals surface area contributed by atoms with Gasteiger partial charge in [-0.3, -0.25) is 4.79 Å². The van der Waals surface area contributed by atoms with Gasteiger partial charge in [-0.2, -0.15) is 0 Å². The lowest BCUT2D eigenvalue weighted by Crippen LogP contribution is -2.34. The first-order valence-corrected chi connectivity index (χ1v) is 7.98. The molecular formula is C17H26O4. The number of carbonyl (C=O) groups excluding carboxylic acids is 2. The molecule has 0 aliphatic heterocycles. The van der Waals surface area contributed by atoms with Crippen molar-refractivity contribution in [3.8, 4) is 0 Å². The number of esters is 2. The van der Waals surface area contributed by atoms with Gasteiger partial charge in [0.05, 0.1) is 5.92 Å². The van der Waals surface area contributed by atoms with Gasteiger partial charge in [-0.05, 0) is 25.7 Å². The van der Waals surface area contributed by atoms with Crippen molar-refractivity contribution in [2.75, 3.05) is 0 Å². The molecule has 4 nitrogen and oxygen atoms in total. The summed E-state index contributed by atoms with van der Waals surface area (Å²) in [6.45, 7) is 9.20. The minimum atomic E-state index is -0.837. The van der Waals surface area contributed by atoms with Gasteiger partial charge in [0.25, 0.3) is 0 Å². The van der Waals surface area contributed by atoms with Crippen LogP contribution < -0.4 is 0 Å². The van der Waals surface area contributed by atoms with Gasteiger partial charge in [0.2, 0.25) is 0 Å². The highest BCUT2D eigenvalue weighted by Gasteiger charge is 2.42. The smallest absolute Gasteiger partial charge is 0.347 e. The van der Waals surface area contributed by atoms with E-state index in [4.69, 9.17) is 9.47 Å². The Bertz CT molecular complexity index is 427. The second kappa shape index (κ2) is 6.63. The van der Waals surface area contributed by atoms with Crippen molar-refractivity contribution in [1.82, 2.24) is 0 Å². The Morgan fingerprint density at radius 3 is 2.48 bits per heavy atom. The Hall–Kier alpha value is -1.32. The van der Waals surface area contributed by atoms with Crippen LogP contribution in [0.1, 0.15) is 52.9 Å². The molecule has 0 aromatic heterocycles. The molecule has 2 rings (SSSR count). The summed E-state index contributed by atoms with van der Waals surface area (Å²) in [6.07, 6.45) is 4.53. The third-order valence-electron chi connectivity index (χ3n) is 4.65. The van der Waals surface area contributed by atoms with Gasteiger partial charge < -0.3 is 9.47 Å². The van der Waals surface area contributed by atoms with Crippen LogP contribution >= 0.6 is 0 Å². The normalized spacial score (nSPS) is 29.9. The van der Waals surface area contributed by atoms with E-state index in [0.29, 0.717) is 11.8 Å². The third kappa shape index (κ3) is 3.66. The highest BCUT2D eigenvalue weighted by atomic mass is 16.6. The summed E-state index contributed by atoms with van der Waals surface area (Å²) < 4.78 is 10.7. The molecule has 0 heterocycles. The van der Waals surface area contributed by atoms with E-state index in [1.165, 1.54) is 18.4 Å². The molecule has 0 aromatic carbocycles. The zero-order valence-corrected chi connectivity index (χ0v) is 13.3. The summed E-state index contributed by atoms with van der Waals surface area (Å²) in [5, 5.41) is 0. The molecule has 21 heavy (non-hydrogen) atoms. The van der Waals surface area contributed by atoms with Crippen LogP contribution in [0.15, 0.2) is 12.2 Å². The molecule has 2 aliphatic rings. The first kappa shape index (κ1) is 16.1. The van der Waals surface area contributed by atoms with Crippen molar-refractivity contribution < 1.29 is 19.1 Å². The van der Waals surface area contributed by atoms with Gasteiger partial charge in [-0.25, -0.2) is 4.79 Å². The molecule has 0 N–H and O–H groups in total. The minimum Gasteiger partial charge on any atom is -0.459 e. The van der Waals surface area contributed by atoms with Gasteiger partial charge in [0.1, 0.15) is 6.10 Å². The van der Waals surface area contributed by atoms with Crippen LogP contribution in [0.25, 0.3) is 0 Å². The number of rotatable bonds is 4. The summed E-state index contributed by atoms with van der Waals surface area (Å²) >= 11 is 0. The molecule has 0 unspecified atom stereocenters. The molecule has 0 bridgehead atoms. The topological polar surface area (TPSA) is 52.6 Å². The lowest BCUT2D eigenvalue weighted by atomic mass is 9.80. The van der Waals surface area contributed by atoms with E-state index in [1.807, 2.05) is 0 Å². The predicted molar refractivity (Wildman–Crippen MR) is 79.5 cm³/mol. The van der Waals surface area contributed by atoms with Crippen molar-refractivity contribution >= 4 is 11.9 Å². The van der Waals surface area contributed by atoms with E-state index in [2.05, 4.69) is 6.58 Å². The molecule has 2 fully saturated rings. The SMILES string of the molecule is C=C1C[C@@H](OC(=O)[C@H](C)OC(=O)C(C)C)[C@@H]2CCCC[C@H]12. The maximum absolute atomic E-state index is 12.1. The van der Waals surface area contributed by atoms with Crippen molar-refractivity contribution in [2.45, 2.75) is 65.1 Å². The highest BCUT2D eigenvalue weighted by Crippen LogP contribution is 2.46. The molecule has 0 saturated heterocycles. The number of carbonyl (C=O) groups is 2. The van der Waals surface area contributed by atoms with Crippen LogP contribution in [-0.4, -0.2) is 24.1 Å². The van der Waals surface area contributed by atoms with Gasteiger partial charge in [0.15, 0.2) is 6.10 Å². The Labute approximate surface area is 126 Å². The van der Waals surface area contributed by atoms with Crippen molar-refractivity contribution in [3.05, 3.63) is 12.2 Å². The summed E-state index contributed by atoms with van der Waals surface area (Å²) in [5.74, 6) is -0.138. The zero-order valence-electron chi connectivity index (χ0n) is 13.3. The van der Waals surface area contributed by atoms with E-state index in [-0.39, 0.29) is 18.0 Å². The quantitative estimate of drug-likeness (QED) is 0.590. The Balaban J connectivity index is 1.90. The fraction of sp³-hybridized carbons (Fsp3) is 0.765. The molecule has 4 heteroatoms. The van der Waals surface area contributed by atoms with Gasteiger partial charge in [-0.15, -0.1) is 0 Å². The zero-order chi connectivity index (χ0) is 15.6. The highest BCUT2D eigenvalue weighted by molar-refractivity contribution is 5.79. The summed E-state index contributed by atoms with van der Waals surface area (Å²) in [4.78, 5) is 23.6. The van der Waals surface area contributed by atoms with E-state index in [9.17, 15) is 9.59 Å². The van der Waals surface area contributed by atoms with E-state index in [1.54, 1.807) is 20.8 Å². The maximum atomic E-state index is 12.1. The van der Waals surface area contributed by atoms with Crippen LogP contribution in [0.3, 0.4) is 0 Å². The van der Waals surface area contributed by atoms with E-state index in [0.717, 1.165) is 19.3 Å². The van der Waals surface area contributed by atoms with Gasteiger partial charge in [-0.1, -0.05) is 38.8 Å². The monoisotopic (exact) mass is 294 g/mol. The first-order chi connectivity index (χ1) is 9.90. The standard InChI is InChI=1S/C17H26O4/c1-10(2)16(18)20-12(4)17(19)21-15-9-11(3)13-7-5-6-8-14(13)15/h10,12-15H,3,5-9H2,1-2,4H3/t12-,13+,14+,15+/m0/s1. The Morgan fingerprint density at radius 2 is 1.81 bits per heavy atom.